The van der Waals surface area contributed by atoms with Crippen LogP contribution in [0.1, 0.15) is 28.5 Å². The van der Waals surface area contributed by atoms with E-state index in [0.29, 0.717) is 4.68 Å². The minimum atomic E-state index is -4.85. The van der Waals surface area contributed by atoms with Crippen molar-refractivity contribution < 1.29 is 27.9 Å². The first-order valence-corrected chi connectivity index (χ1v) is 6.87. The van der Waals surface area contributed by atoms with Gasteiger partial charge in [0.05, 0.1) is 17.4 Å². The predicted molar refractivity (Wildman–Crippen MR) is 77.9 cm³/mol. The van der Waals surface area contributed by atoms with Gasteiger partial charge in [-0.25, -0.2) is 4.68 Å². The number of alkyl halides is 3. The van der Waals surface area contributed by atoms with Crippen LogP contribution in [0.2, 0.25) is 0 Å². The summed E-state index contributed by atoms with van der Waals surface area (Å²) in [7, 11) is 0. The molecule has 1 heterocycles. The average Bonchev–Trinajstić information content (AvgIpc) is 2.92. The van der Waals surface area contributed by atoms with E-state index in [2.05, 4.69) is 5.10 Å². The summed E-state index contributed by atoms with van der Waals surface area (Å²) in [6.45, 7) is 2.86. The van der Waals surface area contributed by atoms with Crippen LogP contribution in [0, 0.1) is 6.92 Å². The van der Waals surface area contributed by atoms with Crippen molar-refractivity contribution in [1.29, 1.82) is 0 Å². The zero-order valence-electron chi connectivity index (χ0n) is 12.8. The summed E-state index contributed by atoms with van der Waals surface area (Å²) in [5.41, 5.74) is -1.13. The van der Waals surface area contributed by atoms with Crippen LogP contribution in [-0.2, 0) is 11.0 Å². The fraction of sp³-hybridized carbons (Fsp3) is 0.267. The normalized spacial score (nSPS) is 12.7. The van der Waals surface area contributed by atoms with E-state index in [0.717, 1.165) is 18.7 Å². The van der Waals surface area contributed by atoms with Gasteiger partial charge in [0.25, 0.3) is 5.91 Å². The first-order valence-electron chi connectivity index (χ1n) is 6.87. The van der Waals surface area contributed by atoms with Gasteiger partial charge in [-0.3, -0.25) is 9.59 Å². The largest absolute Gasteiger partial charge is 0.480 e. The number of hydrogen-bond donors (Lipinski definition) is 2. The molecule has 1 atom stereocenters. The topological polar surface area (TPSA) is 84.2 Å². The Bertz CT molecular complexity index is 784. The van der Waals surface area contributed by atoms with Gasteiger partial charge in [-0.15, -0.1) is 0 Å². The Morgan fingerprint density at radius 1 is 1.33 bits per heavy atom. The molecule has 0 aliphatic heterocycles. The number of carboxylic acid groups (broad SMARTS) is 1. The summed E-state index contributed by atoms with van der Waals surface area (Å²) >= 11 is 0. The lowest BCUT2D eigenvalue weighted by Gasteiger charge is -2.14. The van der Waals surface area contributed by atoms with Gasteiger partial charge in [0, 0.05) is 0 Å². The molecule has 0 saturated carbocycles. The van der Waals surface area contributed by atoms with Crippen molar-refractivity contribution in [1.82, 2.24) is 15.1 Å². The highest BCUT2D eigenvalue weighted by Crippen LogP contribution is 2.33. The number of carbonyl (C=O) groups is 2. The SMILES string of the molecule is Cc1cccc(-n2ncc(C(=O)NC(C)C(=O)O)c2C(F)(F)F)c1. The first-order chi connectivity index (χ1) is 11.1. The standard InChI is InChI=1S/C15H14F3N3O3/c1-8-4-3-5-10(6-8)21-12(15(16,17)18)11(7-19-21)13(22)20-9(2)14(23)24/h3-7,9H,1-2H3,(H,20,22)(H,23,24). The van der Waals surface area contributed by atoms with Crippen molar-refractivity contribution in [2.75, 3.05) is 0 Å². The molecular weight excluding hydrogens is 327 g/mol. The fourth-order valence-corrected chi connectivity index (χ4v) is 2.08. The number of amides is 1. The molecule has 1 unspecified atom stereocenters. The molecule has 0 aliphatic carbocycles. The van der Waals surface area contributed by atoms with E-state index in [1.54, 1.807) is 19.1 Å². The van der Waals surface area contributed by atoms with E-state index in [4.69, 9.17) is 5.11 Å². The fourth-order valence-electron chi connectivity index (χ4n) is 2.08. The molecule has 0 saturated heterocycles. The summed E-state index contributed by atoms with van der Waals surface area (Å²) in [5.74, 6) is -2.51. The summed E-state index contributed by atoms with van der Waals surface area (Å²) in [5, 5.41) is 14.4. The van der Waals surface area contributed by atoms with Crippen LogP contribution in [0.25, 0.3) is 5.69 Å². The molecule has 0 spiro atoms. The summed E-state index contributed by atoms with van der Waals surface area (Å²) in [6.07, 6.45) is -4.07. The van der Waals surface area contributed by atoms with Crippen LogP contribution < -0.4 is 5.32 Å². The van der Waals surface area contributed by atoms with Crippen LogP contribution in [-0.4, -0.2) is 32.8 Å². The molecule has 0 radical (unpaired) electrons. The van der Waals surface area contributed by atoms with Gasteiger partial charge in [0.15, 0.2) is 5.69 Å². The van der Waals surface area contributed by atoms with Gasteiger partial charge in [0.1, 0.15) is 6.04 Å². The second kappa shape index (κ2) is 6.34. The molecule has 0 bridgehead atoms. The third-order valence-electron chi connectivity index (χ3n) is 3.25. The highest BCUT2D eigenvalue weighted by atomic mass is 19.4. The van der Waals surface area contributed by atoms with Gasteiger partial charge in [0.2, 0.25) is 0 Å². The summed E-state index contributed by atoms with van der Waals surface area (Å²) in [6, 6.07) is 4.86. The van der Waals surface area contributed by atoms with E-state index in [1.165, 1.54) is 12.1 Å². The number of carboxylic acids is 1. The van der Waals surface area contributed by atoms with E-state index in [-0.39, 0.29) is 5.69 Å². The number of aryl methyl sites for hydroxylation is 1. The number of nitrogens with zero attached hydrogens (tertiary/aromatic N) is 2. The molecule has 6 nitrogen and oxygen atoms in total. The van der Waals surface area contributed by atoms with E-state index in [1.807, 2.05) is 5.32 Å². The number of aliphatic carboxylic acids is 1. The maximum absolute atomic E-state index is 13.4. The van der Waals surface area contributed by atoms with Crippen LogP contribution in [0.5, 0.6) is 0 Å². The van der Waals surface area contributed by atoms with E-state index in [9.17, 15) is 22.8 Å². The molecule has 128 valence electrons. The quantitative estimate of drug-likeness (QED) is 0.894. The van der Waals surface area contributed by atoms with E-state index >= 15 is 0 Å². The zero-order chi connectivity index (χ0) is 18.1. The highest BCUT2D eigenvalue weighted by Gasteiger charge is 2.40. The number of rotatable bonds is 4. The second-order valence-corrected chi connectivity index (χ2v) is 5.19. The number of nitrogens with one attached hydrogen (secondary N) is 1. The average molecular weight is 341 g/mol. The van der Waals surface area contributed by atoms with Crippen molar-refractivity contribution >= 4 is 11.9 Å². The molecule has 2 rings (SSSR count). The molecule has 2 aromatic rings. The Morgan fingerprint density at radius 3 is 2.54 bits per heavy atom. The summed E-state index contributed by atoms with van der Waals surface area (Å²) in [4.78, 5) is 22.8. The third kappa shape index (κ3) is 3.55. The first kappa shape index (κ1) is 17.5. The lowest BCUT2D eigenvalue weighted by molar-refractivity contribution is -0.143. The van der Waals surface area contributed by atoms with Crippen molar-refractivity contribution in [2.24, 2.45) is 0 Å². The van der Waals surface area contributed by atoms with Crippen LogP contribution in [0.15, 0.2) is 30.5 Å². The van der Waals surface area contributed by atoms with Crippen molar-refractivity contribution in [3.8, 4) is 5.69 Å². The van der Waals surface area contributed by atoms with Crippen LogP contribution >= 0.6 is 0 Å². The minimum absolute atomic E-state index is 0.146. The Balaban J connectivity index is 2.51. The smallest absolute Gasteiger partial charge is 0.434 e. The Kier molecular flexibility index (Phi) is 4.63. The molecule has 2 N–H and O–H groups in total. The lowest BCUT2D eigenvalue weighted by Crippen LogP contribution is -2.39. The molecule has 0 fully saturated rings. The van der Waals surface area contributed by atoms with Gasteiger partial charge in [-0.2, -0.15) is 18.3 Å². The zero-order valence-corrected chi connectivity index (χ0v) is 12.8. The number of hydrogen-bond acceptors (Lipinski definition) is 3. The van der Waals surface area contributed by atoms with Gasteiger partial charge in [-0.05, 0) is 31.5 Å². The van der Waals surface area contributed by atoms with Crippen molar-refractivity contribution in [3.05, 3.63) is 47.3 Å². The maximum atomic E-state index is 13.4. The van der Waals surface area contributed by atoms with Crippen LogP contribution in [0.4, 0.5) is 13.2 Å². The molecular formula is C15H14F3N3O3. The van der Waals surface area contributed by atoms with Crippen molar-refractivity contribution in [3.63, 3.8) is 0 Å². The molecule has 0 aliphatic rings. The molecule has 1 aromatic carbocycles. The Labute approximate surface area is 134 Å². The van der Waals surface area contributed by atoms with Gasteiger partial charge >= 0.3 is 12.1 Å². The second-order valence-electron chi connectivity index (χ2n) is 5.19. The number of benzene rings is 1. The monoisotopic (exact) mass is 341 g/mol. The third-order valence-corrected chi connectivity index (χ3v) is 3.25. The maximum Gasteiger partial charge on any atom is 0.434 e. The Morgan fingerprint density at radius 2 is 2.00 bits per heavy atom. The van der Waals surface area contributed by atoms with Gasteiger partial charge < -0.3 is 10.4 Å². The molecule has 1 aromatic heterocycles. The number of carbonyl (C=O) groups excluding carboxylic acids is 1. The van der Waals surface area contributed by atoms with E-state index < -0.39 is 35.4 Å². The lowest BCUT2D eigenvalue weighted by atomic mass is 10.2. The van der Waals surface area contributed by atoms with Crippen LogP contribution in [0.3, 0.4) is 0 Å². The number of halogens is 3. The molecule has 24 heavy (non-hydrogen) atoms. The van der Waals surface area contributed by atoms with Gasteiger partial charge in [-0.1, -0.05) is 12.1 Å². The molecule has 1 amide bonds. The predicted octanol–water partition coefficient (Wildman–Crippen LogP) is 2.40. The number of aromatic nitrogens is 2. The Hall–Kier alpha value is -2.84. The highest BCUT2D eigenvalue weighted by molar-refractivity contribution is 5.97. The minimum Gasteiger partial charge on any atom is -0.480 e. The van der Waals surface area contributed by atoms with Crippen molar-refractivity contribution in [2.45, 2.75) is 26.1 Å². The summed E-state index contributed by atoms with van der Waals surface area (Å²) < 4.78 is 40.9. The molecule has 9 heteroatoms.